The monoisotopic (exact) mass is 303 g/mol. The van der Waals surface area contributed by atoms with Crippen molar-refractivity contribution in [3.05, 3.63) is 59.0 Å². The summed E-state index contributed by atoms with van der Waals surface area (Å²) in [6, 6.07) is 13.0. The van der Waals surface area contributed by atoms with Crippen molar-refractivity contribution in [2.75, 3.05) is 4.72 Å². The molecule has 0 spiro atoms. The number of sulfonamides is 1. The highest BCUT2D eigenvalue weighted by atomic mass is 32.2. The minimum Gasteiger partial charge on any atom is -0.305 e. The van der Waals surface area contributed by atoms with Crippen molar-refractivity contribution in [2.45, 2.75) is 4.90 Å². The minimum atomic E-state index is -3.63. The van der Waals surface area contributed by atoms with Gasteiger partial charge in [0, 0.05) is 7.05 Å². The molecule has 108 valence electrons. The summed E-state index contributed by atoms with van der Waals surface area (Å²) in [6.07, 6.45) is 0. The Balaban J connectivity index is 2.00. The number of hydrogen-bond donors (Lipinski definition) is 2. The van der Waals surface area contributed by atoms with E-state index in [1.54, 1.807) is 43.4 Å². The van der Waals surface area contributed by atoms with Gasteiger partial charge in [-0.3, -0.25) is 9.29 Å². The Hall–Kier alpha value is -2.54. The van der Waals surface area contributed by atoms with E-state index in [4.69, 9.17) is 0 Å². The first-order valence-corrected chi connectivity index (χ1v) is 7.72. The van der Waals surface area contributed by atoms with Crippen LogP contribution in [0.15, 0.2) is 58.2 Å². The third-order valence-electron chi connectivity index (χ3n) is 3.21. The number of H-pyrrole nitrogens is 1. The molecule has 0 atom stereocenters. The first-order chi connectivity index (χ1) is 9.97. The summed E-state index contributed by atoms with van der Waals surface area (Å²) in [7, 11) is -1.99. The lowest BCUT2D eigenvalue weighted by Crippen LogP contribution is -2.12. The molecule has 0 aliphatic heterocycles. The number of aromatic nitrogens is 2. The van der Waals surface area contributed by atoms with E-state index in [9.17, 15) is 13.2 Å². The van der Waals surface area contributed by atoms with E-state index in [0.29, 0.717) is 16.7 Å². The Morgan fingerprint density at radius 1 is 1.10 bits per heavy atom. The summed E-state index contributed by atoms with van der Waals surface area (Å²) in [6.45, 7) is 0. The molecule has 1 aromatic heterocycles. The van der Waals surface area contributed by atoms with E-state index in [2.05, 4.69) is 9.71 Å². The van der Waals surface area contributed by atoms with Gasteiger partial charge in [-0.1, -0.05) is 18.2 Å². The van der Waals surface area contributed by atoms with Gasteiger partial charge in [-0.25, -0.2) is 13.2 Å². The topological polar surface area (TPSA) is 84.0 Å². The quantitative estimate of drug-likeness (QED) is 0.772. The molecule has 2 aromatic carbocycles. The second-order valence-corrected chi connectivity index (χ2v) is 6.32. The summed E-state index contributed by atoms with van der Waals surface area (Å²) in [4.78, 5) is 14.4. The SMILES string of the molecule is Cn1c(=O)[nH]c2cc(NS(=O)(=O)c3ccccc3)ccc21. The van der Waals surface area contributed by atoms with E-state index in [0.717, 1.165) is 0 Å². The standard InChI is InChI=1S/C14H13N3O3S/c1-17-13-8-7-10(9-12(13)15-14(17)18)16-21(19,20)11-5-3-2-4-6-11/h2-9,16H,1H3,(H,15,18). The van der Waals surface area contributed by atoms with Crippen molar-refractivity contribution in [3.8, 4) is 0 Å². The van der Waals surface area contributed by atoms with Gasteiger partial charge in [-0.15, -0.1) is 0 Å². The van der Waals surface area contributed by atoms with Crippen LogP contribution in [0.5, 0.6) is 0 Å². The number of anilines is 1. The fourth-order valence-electron chi connectivity index (χ4n) is 2.11. The maximum atomic E-state index is 12.2. The summed E-state index contributed by atoms with van der Waals surface area (Å²) >= 11 is 0. The zero-order valence-corrected chi connectivity index (χ0v) is 12.0. The molecule has 0 bridgehead atoms. The highest BCUT2D eigenvalue weighted by molar-refractivity contribution is 7.92. The maximum absolute atomic E-state index is 12.2. The van der Waals surface area contributed by atoms with Gasteiger partial charge in [-0.05, 0) is 30.3 Å². The molecule has 3 rings (SSSR count). The summed E-state index contributed by atoms with van der Waals surface area (Å²) in [5.74, 6) is 0. The zero-order valence-electron chi connectivity index (χ0n) is 11.2. The van der Waals surface area contributed by atoms with Crippen LogP contribution in [0, 0.1) is 0 Å². The Kier molecular flexibility index (Phi) is 3.06. The maximum Gasteiger partial charge on any atom is 0.326 e. The van der Waals surface area contributed by atoms with Crippen molar-refractivity contribution < 1.29 is 8.42 Å². The van der Waals surface area contributed by atoms with Crippen LogP contribution in [-0.4, -0.2) is 18.0 Å². The van der Waals surface area contributed by atoms with Crippen LogP contribution in [0.25, 0.3) is 11.0 Å². The molecule has 0 aliphatic carbocycles. The molecule has 2 N–H and O–H groups in total. The summed E-state index contributed by atoms with van der Waals surface area (Å²) < 4.78 is 28.4. The van der Waals surface area contributed by atoms with Crippen LogP contribution in [0.4, 0.5) is 5.69 Å². The van der Waals surface area contributed by atoms with Crippen molar-refractivity contribution in [1.29, 1.82) is 0 Å². The molecule has 1 heterocycles. The molecule has 7 heteroatoms. The van der Waals surface area contributed by atoms with Crippen LogP contribution in [0.1, 0.15) is 0 Å². The number of aryl methyl sites for hydroxylation is 1. The van der Waals surface area contributed by atoms with Gasteiger partial charge in [0.1, 0.15) is 0 Å². The van der Waals surface area contributed by atoms with E-state index in [1.807, 2.05) is 0 Å². The Morgan fingerprint density at radius 2 is 1.81 bits per heavy atom. The van der Waals surface area contributed by atoms with Crippen molar-refractivity contribution in [3.63, 3.8) is 0 Å². The predicted molar refractivity (Wildman–Crippen MR) is 80.8 cm³/mol. The fourth-order valence-corrected chi connectivity index (χ4v) is 3.18. The second-order valence-electron chi connectivity index (χ2n) is 4.64. The van der Waals surface area contributed by atoms with E-state index in [1.165, 1.54) is 16.7 Å². The van der Waals surface area contributed by atoms with Crippen LogP contribution >= 0.6 is 0 Å². The number of nitrogens with zero attached hydrogens (tertiary/aromatic N) is 1. The lowest BCUT2D eigenvalue weighted by Gasteiger charge is -2.08. The van der Waals surface area contributed by atoms with Crippen molar-refractivity contribution in [1.82, 2.24) is 9.55 Å². The number of aromatic amines is 1. The van der Waals surface area contributed by atoms with Gasteiger partial charge in [0.05, 0.1) is 21.6 Å². The average Bonchev–Trinajstić information content (AvgIpc) is 2.74. The predicted octanol–water partition coefficient (Wildman–Crippen LogP) is 1.67. The summed E-state index contributed by atoms with van der Waals surface area (Å²) in [5.41, 5.74) is 1.44. The van der Waals surface area contributed by atoms with Crippen molar-refractivity contribution in [2.24, 2.45) is 7.05 Å². The molecule has 0 aliphatic rings. The van der Waals surface area contributed by atoms with Gasteiger partial charge >= 0.3 is 5.69 Å². The number of rotatable bonds is 3. The summed E-state index contributed by atoms with van der Waals surface area (Å²) in [5, 5.41) is 0. The molecule has 0 fully saturated rings. The smallest absolute Gasteiger partial charge is 0.305 e. The van der Waals surface area contributed by atoms with E-state index < -0.39 is 10.0 Å². The first kappa shape index (κ1) is 13.4. The highest BCUT2D eigenvalue weighted by Crippen LogP contribution is 2.19. The van der Waals surface area contributed by atoms with Gasteiger partial charge in [-0.2, -0.15) is 0 Å². The largest absolute Gasteiger partial charge is 0.326 e. The zero-order chi connectivity index (χ0) is 15.0. The van der Waals surface area contributed by atoms with Crippen LogP contribution in [-0.2, 0) is 17.1 Å². The lowest BCUT2D eigenvalue weighted by molar-refractivity contribution is 0.601. The number of benzene rings is 2. The minimum absolute atomic E-state index is 0.187. The van der Waals surface area contributed by atoms with E-state index in [-0.39, 0.29) is 10.6 Å². The Bertz CT molecular complexity index is 956. The first-order valence-electron chi connectivity index (χ1n) is 6.24. The Labute approximate surface area is 121 Å². The second kappa shape index (κ2) is 4.78. The molecule has 0 unspecified atom stereocenters. The van der Waals surface area contributed by atoms with E-state index >= 15 is 0 Å². The van der Waals surface area contributed by atoms with Crippen LogP contribution in [0.3, 0.4) is 0 Å². The van der Waals surface area contributed by atoms with Gasteiger partial charge in [0.15, 0.2) is 0 Å². The molecule has 0 radical (unpaired) electrons. The molecule has 3 aromatic rings. The molecule has 0 saturated carbocycles. The Morgan fingerprint density at radius 3 is 2.52 bits per heavy atom. The van der Waals surface area contributed by atoms with Crippen LogP contribution < -0.4 is 10.4 Å². The number of nitrogens with one attached hydrogen (secondary N) is 2. The number of fused-ring (bicyclic) bond motifs is 1. The number of hydrogen-bond acceptors (Lipinski definition) is 3. The van der Waals surface area contributed by atoms with Gasteiger partial charge in [0.2, 0.25) is 0 Å². The normalized spacial score (nSPS) is 11.7. The number of imidazole rings is 1. The molecule has 6 nitrogen and oxygen atoms in total. The van der Waals surface area contributed by atoms with Gasteiger partial charge in [0.25, 0.3) is 10.0 Å². The fraction of sp³-hybridized carbons (Fsp3) is 0.0714. The molecule has 0 saturated heterocycles. The molecular formula is C14H13N3O3S. The highest BCUT2D eigenvalue weighted by Gasteiger charge is 2.14. The molecular weight excluding hydrogens is 290 g/mol. The third kappa shape index (κ3) is 2.43. The lowest BCUT2D eigenvalue weighted by atomic mass is 10.3. The van der Waals surface area contributed by atoms with Crippen molar-refractivity contribution >= 4 is 26.7 Å². The van der Waals surface area contributed by atoms with Crippen LogP contribution in [0.2, 0.25) is 0 Å². The third-order valence-corrected chi connectivity index (χ3v) is 4.61. The molecule has 21 heavy (non-hydrogen) atoms. The van der Waals surface area contributed by atoms with Gasteiger partial charge < -0.3 is 4.98 Å². The molecule has 0 amide bonds. The average molecular weight is 303 g/mol.